The quantitative estimate of drug-likeness (QED) is 0.0726. The first-order valence-corrected chi connectivity index (χ1v) is 24.3. The Balaban J connectivity index is 2.08. The molecule has 2 aromatic rings. The van der Waals surface area contributed by atoms with Crippen LogP contribution in [-0.4, -0.2) is 11.8 Å². The molecule has 0 unspecified atom stereocenters. The van der Waals surface area contributed by atoms with Gasteiger partial charge in [-0.25, -0.2) is 0 Å². The summed E-state index contributed by atoms with van der Waals surface area (Å²) >= 11 is 0. The van der Waals surface area contributed by atoms with E-state index in [1.165, 1.54) is 149 Å². The molecule has 4 heteroatoms. The molecule has 0 bridgehead atoms. The first kappa shape index (κ1) is 50.5. The molecule has 0 saturated heterocycles. The molecule has 2 aromatic carbocycles. The summed E-state index contributed by atoms with van der Waals surface area (Å²) in [6.45, 7) is 22.5. The van der Waals surface area contributed by atoms with Crippen LogP contribution in [0.4, 0.5) is 11.4 Å². The highest BCUT2D eigenvalue weighted by Gasteiger charge is 2.21. The minimum Gasteiger partial charge on any atom is -0.326 e. The molecular formula is C53H90N2O2. The molecule has 0 aromatic heterocycles. The van der Waals surface area contributed by atoms with Crippen molar-refractivity contribution in [1.82, 2.24) is 0 Å². The summed E-state index contributed by atoms with van der Waals surface area (Å²) in [5, 5.41) is 6.80. The van der Waals surface area contributed by atoms with Gasteiger partial charge in [0.1, 0.15) is 0 Å². The predicted octanol–water partition coefficient (Wildman–Crippen LogP) is 17.1. The van der Waals surface area contributed by atoms with Crippen LogP contribution in [-0.2, 0) is 16.0 Å². The minimum absolute atomic E-state index is 0.145. The first-order valence-electron chi connectivity index (χ1n) is 24.3. The molecule has 0 radical (unpaired) electrons. The van der Waals surface area contributed by atoms with E-state index < -0.39 is 0 Å². The zero-order valence-corrected chi connectivity index (χ0v) is 39.1. The van der Waals surface area contributed by atoms with E-state index >= 15 is 0 Å². The lowest BCUT2D eigenvalue weighted by Crippen LogP contribution is -2.16. The molecule has 57 heavy (non-hydrogen) atoms. The number of carbonyl (C=O) groups excluding carboxylic acids is 2. The molecule has 0 aliphatic heterocycles. The third-order valence-corrected chi connectivity index (χ3v) is 12.0. The van der Waals surface area contributed by atoms with Gasteiger partial charge in [0.05, 0.1) is 0 Å². The van der Waals surface area contributed by atoms with Gasteiger partial charge in [0, 0.05) is 24.2 Å². The fourth-order valence-corrected chi connectivity index (χ4v) is 8.36. The highest BCUT2D eigenvalue weighted by atomic mass is 16.2. The third-order valence-electron chi connectivity index (χ3n) is 12.0. The summed E-state index contributed by atoms with van der Waals surface area (Å²) in [6, 6.07) is 9.34. The molecule has 0 aliphatic carbocycles. The first-order chi connectivity index (χ1) is 27.4. The maximum Gasteiger partial charge on any atom is 0.224 e. The van der Waals surface area contributed by atoms with E-state index in [1.807, 2.05) is 0 Å². The van der Waals surface area contributed by atoms with E-state index in [9.17, 15) is 9.59 Å². The Bertz CT molecular complexity index is 1240. The molecule has 4 nitrogen and oxygen atoms in total. The zero-order valence-electron chi connectivity index (χ0n) is 39.1. The van der Waals surface area contributed by atoms with Crippen molar-refractivity contribution in [2.24, 2.45) is 0 Å². The van der Waals surface area contributed by atoms with Crippen LogP contribution in [0.1, 0.15) is 280 Å². The van der Waals surface area contributed by atoms with Crippen molar-refractivity contribution >= 4 is 23.2 Å². The number of amides is 2. The Morgan fingerprint density at radius 1 is 0.386 bits per heavy atom. The van der Waals surface area contributed by atoms with E-state index in [0.29, 0.717) is 12.8 Å². The van der Waals surface area contributed by atoms with Gasteiger partial charge < -0.3 is 10.6 Å². The van der Waals surface area contributed by atoms with Crippen molar-refractivity contribution in [1.29, 1.82) is 0 Å². The molecule has 0 fully saturated rings. The minimum atomic E-state index is 0.145. The zero-order chi connectivity index (χ0) is 42.0. The summed E-state index contributed by atoms with van der Waals surface area (Å²) < 4.78 is 0. The van der Waals surface area contributed by atoms with Crippen molar-refractivity contribution in [2.45, 2.75) is 253 Å². The standard InChI is InChI=1S/C53H90N2O2/c1-11-13-15-17-19-21-23-25-27-29-31-33-50(56)54-52-46(40(3)4)36-44(37-47(52)41(5)6)35-45-38-48(42(7)8)53(49(39-45)43(9)10)55-51(57)34-32-30-28-26-24-22-20-18-16-14-12-2/h36-43H,11-35H2,1-10H3,(H,54,56)(H,55,57). The third kappa shape index (κ3) is 20.3. The summed E-state index contributed by atoms with van der Waals surface area (Å²) in [7, 11) is 0. The van der Waals surface area contributed by atoms with Gasteiger partial charge in [0.15, 0.2) is 0 Å². The summed E-state index contributed by atoms with van der Waals surface area (Å²) in [6.07, 6.45) is 30.3. The Hall–Kier alpha value is -2.62. The normalized spacial score (nSPS) is 11.8. The molecule has 0 heterocycles. The second kappa shape index (κ2) is 29.6. The molecule has 0 aliphatic rings. The number of anilines is 2. The number of hydrogen-bond donors (Lipinski definition) is 2. The largest absolute Gasteiger partial charge is 0.326 e. The number of benzene rings is 2. The maximum absolute atomic E-state index is 13.3. The molecule has 2 rings (SSSR count). The fourth-order valence-electron chi connectivity index (χ4n) is 8.36. The summed E-state index contributed by atoms with van der Waals surface area (Å²) in [4.78, 5) is 26.6. The monoisotopic (exact) mass is 787 g/mol. The Labute approximate surface area is 353 Å². The van der Waals surface area contributed by atoms with Gasteiger partial charge in [0.25, 0.3) is 0 Å². The van der Waals surface area contributed by atoms with E-state index in [4.69, 9.17) is 0 Å². The molecule has 2 N–H and O–H groups in total. The number of rotatable bonds is 32. The number of carbonyl (C=O) groups is 2. The van der Waals surface area contributed by atoms with Crippen LogP contribution >= 0.6 is 0 Å². The second-order valence-corrected chi connectivity index (χ2v) is 18.8. The topological polar surface area (TPSA) is 58.2 Å². The lowest BCUT2D eigenvalue weighted by atomic mass is 9.86. The van der Waals surface area contributed by atoms with Crippen molar-refractivity contribution in [3.05, 3.63) is 57.6 Å². The van der Waals surface area contributed by atoms with Crippen LogP contribution < -0.4 is 10.6 Å². The van der Waals surface area contributed by atoms with Gasteiger partial charge in [-0.05, 0) is 76.3 Å². The van der Waals surface area contributed by atoms with Crippen LogP contribution in [0.5, 0.6) is 0 Å². The van der Waals surface area contributed by atoms with Crippen molar-refractivity contribution in [2.75, 3.05) is 10.6 Å². The molecule has 0 atom stereocenters. The smallest absolute Gasteiger partial charge is 0.224 e. The molecule has 0 saturated carbocycles. The highest BCUT2D eigenvalue weighted by molar-refractivity contribution is 5.93. The van der Waals surface area contributed by atoms with Crippen molar-refractivity contribution < 1.29 is 9.59 Å². The molecule has 0 spiro atoms. The summed E-state index contributed by atoms with van der Waals surface area (Å²) in [5.74, 6) is 1.44. The van der Waals surface area contributed by atoms with Gasteiger partial charge in [-0.3, -0.25) is 9.59 Å². The van der Waals surface area contributed by atoms with E-state index in [2.05, 4.69) is 104 Å². The van der Waals surface area contributed by atoms with E-state index in [-0.39, 0.29) is 35.5 Å². The van der Waals surface area contributed by atoms with Crippen LogP contribution in [0, 0.1) is 0 Å². The average Bonchev–Trinajstić information content (AvgIpc) is 3.16. The maximum atomic E-state index is 13.3. The number of hydrogen-bond acceptors (Lipinski definition) is 2. The van der Waals surface area contributed by atoms with Gasteiger partial charge in [-0.2, -0.15) is 0 Å². The van der Waals surface area contributed by atoms with Gasteiger partial charge in [0.2, 0.25) is 11.8 Å². The van der Waals surface area contributed by atoms with Crippen molar-refractivity contribution in [3.8, 4) is 0 Å². The molecule has 2 amide bonds. The summed E-state index contributed by atoms with van der Waals surface area (Å²) in [5.41, 5.74) is 9.51. The Morgan fingerprint density at radius 2 is 0.614 bits per heavy atom. The predicted molar refractivity (Wildman–Crippen MR) is 251 cm³/mol. The van der Waals surface area contributed by atoms with Gasteiger partial charge >= 0.3 is 0 Å². The van der Waals surface area contributed by atoms with Crippen LogP contribution in [0.3, 0.4) is 0 Å². The average molecular weight is 787 g/mol. The van der Waals surface area contributed by atoms with Crippen LogP contribution in [0.2, 0.25) is 0 Å². The molecule has 324 valence electrons. The highest BCUT2D eigenvalue weighted by Crippen LogP contribution is 2.38. The molecular weight excluding hydrogens is 697 g/mol. The fraction of sp³-hybridized carbons (Fsp3) is 0.736. The van der Waals surface area contributed by atoms with Gasteiger partial charge in [-0.1, -0.05) is 222 Å². The lowest BCUT2D eigenvalue weighted by molar-refractivity contribution is -0.117. The van der Waals surface area contributed by atoms with Crippen molar-refractivity contribution in [3.63, 3.8) is 0 Å². The number of nitrogens with one attached hydrogen (secondary N) is 2. The Kier molecular flexibility index (Phi) is 26.2. The Morgan fingerprint density at radius 3 is 0.842 bits per heavy atom. The number of unbranched alkanes of at least 4 members (excludes halogenated alkanes) is 20. The van der Waals surface area contributed by atoms with E-state index in [0.717, 1.165) is 43.5 Å². The van der Waals surface area contributed by atoms with Crippen LogP contribution in [0.15, 0.2) is 24.3 Å². The van der Waals surface area contributed by atoms with Gasteiger partial charge in [-0.15, -0.1) is 0 Å². The van der Waals surface area contributed by atoms with Crippen LogP contribution in [0.25, 0.3) is 0 Å². The lowest BCUT2D eigenvalue weighted by Gasteiger charge is -2.24. The van der Waals surface area contributed by atoms with E-state index in [1.54, 1.807) is 0 Å². The second-order valence-electron chi connectivity index (χ2n) is 18.8. The SMILES string of the molecule is CCCCCCCCCCCCCC(=O)Nc1c(C(C)C)cc(Cc2cc(C(C)C)c(NC(=O)CCCCCCCCCCCCC)c(C(C)C)c2)cc1C(C)C.